The lowest BCUT2D eigenvalue weighted by Crippen LogP contribution is -2.46. The van der Waals surface area contributed by atoms with E-state index in [1.807, 2.05) is 32.2 Å². The molecule has 0 spiro atoms. The minimum atomic E-state index is -0.238. The van der Waals surface area contributed by atoms with E-state index < -0.39 is 0 Å². The van der Waals surface area contributed by atoms with E-state index in [1.54, 1.807) is 23.3 Å². The summed E-state index contributed by atoms with van der Waals surface area (Å²) in [6.45, 7) is 6.26. The maximum absolute atomic E-state index is 11.9. The molecule has 1 aromatic heterocycles. The molecule has 0 fully saturated rings. The van der Waals surface area contributed by atoms with Gasteiger partial charge in [0.2, 0.25) is 0 Å². The average Bonchev–Trinajstić information content (AvgIpc) is 2.71. The van der Waals surface area contributed by atoms with E-state index in [2.05, 4.69) is 17.2 Å². The fourth-order valence-electron chi connectivity index (χ4n) is 1.39. The molecule has 1 aromatic rings. The molecule has 0 atom stereocenters. The Morgan fingerprint density at radius 3 is 2.79 bits per heavy atom. The first-order valence-corrected chi connectivity index (χ1v) is 6.90. The minimum Gasteiger partial charge on any atom is -0.384 e. The van der Waals surface area contributed by atoms with Crippen molar-refractivity contribution in [1.82, 2.24) is 10.2 Å². The SMILES string of the molecule is CN(Cc1cc(C#CCO)cs1)C(=O)NC(C)(C)C. The van der Waals surface area contributed by atoms with Gasteiger partial charge in [-0.1, -0.05) is 11.8 Å². The zero-order valence-corrected chi connectivity index (χ0v) is 12.6. The van der Waals surface area contributed by atoms with E-state index in [9.17, 15) is 4.79 Å². The largest absolute Gasteiger partial charge is 0.384 e. The number of rotatable bonds is 2. The van der Waals surface area contributed by atoms with Crippen molar-refractivity contribution in [2.24, 2.45) is 0 Å². The molecule has 0 aliphatic rings. The van der Waals surface area contributed by atoms with Gasteiger partial charge in [-0.2, -0.15) is 0 Å². The third-order valence-electron chi connectivity index (χ3n) is 2.19. The molecular weight excluding hydrogens is 260 g/mol. The number of carbonyl (C=O) groups is 1. The highest BCUT2D eigenvalue weighted by molar-refractivity contribution is 7.10. The van der Waals surface area contributed by atoms with Crippen molar-refractivity contribution in [2.75, 3.05) is 13.7 Å². The molecule has 5 heteroatoms. The van der Waals surface area contributed by atoms with E-state index in [1.165, 1.54) is 0 Å². The van der Waals surface area contributed by atoms with Crippen LogP contribution in [0.4, 0.5) is 4.79 Å². The number of nitrogens with zero attached hydrogens (tertiary/aromatic N) is 1. The van der Waals surface area contributed by atoms with Gasteiger partial charge in [0.1, 0.15) is 6.61 Å². The third-order valence-corrected chi connectivity index (χ3v) is 3.11. The predicted molar refractivity (Wildman–Crippen MR) is 78.0 cm³/mol. The summed E-state index contributed by atoms with van der Waals surface area (Å²) in [6.07, 6.45) is 0. The number of urea groups is 1. The summed E-state index contributed by atoms with van der Waals surface area (Å²) in [7, 11) is 1.76. The molecule has 0 aromatic carbocycles. The van der Waals surface area contributed by atoms with Gasteiger partial charge in [0.15, 0.2) is 0 Å². The molecule has 0 saturated carbocycles. The van der Waals surface area contributed by atoms with Gasteiger partial charge in [-0.15, -0.1) is 11.3 Å². The van der Waals surface area contributed by atoms with Crippen LogP contribution in [0.1, 0.15) is 31.2 Å². The van der Waals surface area contributed by atoms with Crippen LogP contribution in [0.25, 0.3) is 0 Å². The van der Waals surface area contributed by atoms with E-state index >= 15 is 0 Å². The summed E-state index contributed by atoms with van der Waals surface area (Å²) < 4.78 is 0. The lowest BCUT2D eigenvalue weighted by molar-refractivity contribution is 0.198. The standard InChI is InChI=1S/C14H20N2O2S/c1-14(2,3)15-13(18)16(4)9-12-8-11(10-19-12)6-5-7-17/h8,10,17H,7,9H2,1-4H3,(H,15,18). The number of amides is 2. The highest BCUT2D eigenvalue weighted by Crippen LogP contribution is 2.16. The first kappa shape index (κ1) is 15.5. The summed E-state index contributed by atoms with van der Waals surface area (Å²) in [5, 5.41) is 13.5. The van der Waals surface area contributed by atoms with Crippen LogP contribution in [0.15, 0.2) is 11.4 Å². The number of thiophene rings is 1. The van der Waals surface area contributed by atoms with Gasteiger partial charge in [-0.05, 0) is 26.8 Å². The van der Waals surface area contributed by atoms with Crippen LogP contribution in [-0.4, -0.2) is 35.2 Å². The second kappa shape index (κ2) is 6.60. The maximum atomic E-state index is 11.9. The number of carbonyl (C=O) groups excluding carboxylic acids is 1. The van der Waals surface area contributed by atoms with Crippen LogP contribution in [0, 0.1) is 11.8 Å². The average molecular weight is 280 g/mol. The Hall–Kier alpha value is -1.51. The molecule has 4 nitrogen and oxygen atoms in total. The Labute approximate surface area is 118 Å². The van der Waals surface area contributed by atoms with Crippen LogP contribution in [0.2, 0.25) is 0 Å². The van der Waals surface area contributed by atoms with Gasteiger partial charge in [0, 0.05) is 28.4 Å². The van der Waals surface area contributed by atoms with Crippen LogP contribution in [0.5, 0.6) is 0 Å². The number of aliphatic hydroxyl groups is 1. The smallest absolute Gasteiger partial charge is 0.317 e. The van der Waals surface area contributed by atoms with Crippen LogP contribution < -0.4 is 5.32 Å². The molecule has 2 N–H and O–H groups in total. The Morgan fingerprint density at radius 2 is 2.21 bits per heavy atom. The molecule has 0 saturated heterocycles. The fraction of sp³-hybridized carbons (Fsp3) is 0.500. The van der Waals surface area contributed by atoms with Crippen molar-refractivity contribution in [1.29, 1.82) is 0 Å². The quantitative estimate of drug-likeness (QED) is 0.815. The molecule has 0 aliphatic carbocycles. The van der Waals surface area contributed by atoms with Crippen molar-refractivity contribution in [3.05, 3.63) is 21.9 Å². The monoisotopic (exact) mass is 280 g/mol. The lowest BCUT2D eigenvalue weighted by atomic mass is 10.1. The fourth-order valence-corrected chi connectivity index (χ4v) is 2.26. The first-order valence-electron chi connectivity index (χ1n) is 6.02. The Morgan fingerprint density at radius 1 is 1.53 bits per heavy atom. The molecule has 104 valence electrons. The molecule has 1 rings (SSSR count). The minimum absolute atomic E-state index is 0.0936. The van der Waals surface area contributed by atoms with E-state index in [4.69, 9.17) is 5.11 Å². The van der Waals surface area contributed by atoms with Gasteiger partial charge in [-0.3, -0.25) is 0 Å². The first-order chi connectivity index (χ1) is 8.81. The van der Waals surface area contributed by atoms with E-state index in [0.717, 1.165) is 10.4 Å². The summed E-state index contributed by atoms with van der Waals surface area (Å²) in [5.74, 6) is 5.45. The number of hydrogen-bond acceptors (Lipinski definition) is 3. The van der Waals surface area contributed by atoms with Gasteiger partial charge < -0.3 is 15.3 Å². The van der Waals surface area contributed by atoms with Crippen molar-refractivity contribution in [3.63, 3.8) is 0 Å². The van der Waals surface area contributed by atoms with Gasteiger partial charge in [-0.25, -0.2) is 4.79 Å². The normalized spacial score (nSPS) is 10.6. The molecular formula is C14H20N2O2S. The molecule has 0 bridgehead atoms. The molecule has 19 heavy (non-hydrogen) atoms. The van der Waals surface area contributed by atoms with Crippen molar-refractivity contribution >= 4 is 17.4 Å². The zero-order valence-electron chi connectivity index (χ0n) is 11.8. The second-order valence-corrected chi connectivity index (χ2v) is 6.29. The Bertz CT molecular complexity index is 492. The lowest BCUT2D eigenvalue weighted by Gasteiger charge is -2.25. The number of aliphatic hydroxyl groups excluding tert-OH is 1. The summed E-state index contributed by atoms with van der Waals surface area (Å²) in [6, 6.07) is 1.85. The highest BCUT2D eigenvalue weighted by atomic mass is 32.1. The van der Waals surface area contributed by atoms with Crippen LogP contribution >= 0.6 is 11.3 Å². The highest BCUT2D eigenvalue weighted by Gasteiger charge is 2.17. The van der Waals surface area contributed by atoms with Gasteiger partial charge in [0.05, 0.1) is 6.54 Å². The number of hydrogen-bond donors (Lipinski definition) is 2. The summed E-state index contributed by atoms with van der Waals surface area (Å²) in [4.78, 5) is 14.6. The van der Waals surface area contributed by atoms with E-state index in [-0.39, 0.29) is 18.2 Å². The van der Waals surface area contributed by atoms with Crippen molar-refractivity contribution in [2.45, 2.75) is 32.9 Å². The molecule has 0 radical (unpaired) electrons. The molecule has 0 unspecified atom stereocenters. The van der Waals surface area contributed by atoms with Gasteiger partial charge >= 0.3 is 6.03 Å². The van der Waals surface area contributed by atoms with Crippen molar-refractivity contribution in [3.8, 4) is 11.8 Å². The van der Waals surface area contributed by atoms with Crippen LogP contribution in [0.3, 0.4) is 0 Å². The van der Waals surface area contributed by atoms with Crippen LogP contribution in [-0.2, 0) is 6.54 Å². The predicted octanol–water partition coefficient (Wildman–Crippen LogP) is 2.03. The molecule has 2 amide bonds. The topological polar surface area (TPSA) is 52.6 Å². The third kappa shape index (κ3) is 5.77. The van der Waals surface area contributed by atoms with E-state index in [0.29, 0.717) is 6.54 Å². The molecule has 1 heterocycles. The number of nitrogens with one attached hydrogen (secondary N) is 1. The molecule has 0 aliphatic heterocycles. The Balaban J connectivity index is 2.59. The van der Waals surface area contributed by atoms with Gasteiger partial charge in [0.25, 0.3) is 0 Å². The van der Waals surface area contributed by atoms with Crippen molar-refractivity contribution < 1.29 is 9.90 Å². The maximum Gasteiger partial charge on any atom is 0.317 e. The summed E-state index contributed by atoms with van der Waals surface area (Å²) in [5.41, 5.74) is 0.636. The summed E-state index contributed by atoms with van der Waals surface area (Å²) >= 11 is 1.56. The second-order valence-electron chi connectivity index (χ2n) is 5.30. The zero-order chi connectivity index (χ0) is 14.5. The Kier molecular flexibility index (Phi) is 5.40.